The summed E-state index contributed by atoms with van der Waals surface area (Å²) in [5, 5.41) is 0. The Bertz CT molecular complexity index is 3870. The fraction of sp³-hybridized carbons (Fsp3) is 0.401. The molecule has 7 aromatic rings. The van der Waals surface area contributed by atoms with Gasteiger partial charge in [0.15, 0.2) is 0 Å². The fourth-order valence-electron chi connectivity index (χ4n) is 20.7. The number of unbranched alkanes of at least 4 members (excludes halogenated alkanes) is 2. The molecule has 20 rings (SSSR count). The van der Waals surface area contributed by atoms with Gasteiger partial charge in [-0.3, -0.25) is 0 Å². The second-order valence-corrected chi connectivity index (χ2v) is 42.1. The van der Waals surface area contributed by atoms with Crippen LogP contribution in [0.25, 0.3) is 0 Å². The van der Waals surface area contributed by atoms with Gasteiger partial charge in [0.05, 0.1) is 0 Å². The minimum atomic E-state index is -0.826. The monoisotopic (exact) mass is 2270 g/mol. The van der Waals surface area contributed by atoms with Crippen molar-refractivity contribution in [3.63, 3.8) is 0 Å². The third kappa shape index (κ3) is 68.0. The van der Waals surface area contributed by atoms with Gasteiger partial charge in [-0.2, -0.15) is 148 Å². The van der Waals surface area contributed by atoms with Crippen LogP contribution in [0, 0.1) is 202 Å². The second-order valence-electron chi connectivity index (χ2n) is 38.4. The molecular weight excluding hydrogens is 2080 g/mol. The Kier molecular flexibility index (Phi) is 101. The number of hydrogen-bond donors (Lipinski definition) is 0. The Hall–Kier alpha value is -5.51. The summed E-state index contributed by atoms with van der Waals surface area (Å²) in [7, 11) is 9.87. The van der Waals surface area contributed by atoms with Crippen molar-refractivity contribution < 1.29 is 99.5 Å². The van der Waals surface area contributed by atoms with Crippen LogP contribution in [0.15, 0.2) is 372 Å². The summed E-state index contributed by atoms with van der Waals surface area (Å²) in [6.45, 7) is 40.7. The zero-order valence-electron chi connectivity index (χ0n) is 91.7. The molecule has 8 fully saturated rings. The maximum Gasteiger partial charge on any atom is 4.00 e. The number of hydrogen-bond acceptors (Lipinski definition) is 0. The summed E-state index contributed by atoms with van der Waals surface area (Å²) in [4.78, 5) is 0. The van der Waals surface area contributed by atoms with Crippen LogP contribution < -0.4 is 0 Å². The van der Waals surface area contributed by atoms with E-state index in [4.69, 9.17) is 17.0 Å². The topological polar surface area (TPSA) is 0 Å². The van der Waals surface area contributed by atoms with Gasteiger partial charge in [-0.05, 0) is 215 Å². The maximum absolute atomic E-state index is 4.93. The second kappa shape index (κ2) is 97.3. The Labute approximate surface area is 964 Å². The van der Waals surface area contributed by atoms with E-state index >= 15 is 0 Å². The summed E-state index contributed by atoms with van der Waals surface area (Å²) < 4.78 is 0. The van der Waals surface area contributed by atoms with Gasteiger partial charge in [0.2, 0.25) is 0 Å². The predicted molar refractivity (Wildman–Crippen MR) is 634 cm³/mol. The van der Waals surface area contributed by atoms with Crippen molar-refractivity contribution in [1.29, 1.82) is 0 Å². The van der Waals surface area contributed by atoms with E-state index in [2.05, 4.69) is 246 Å². The molecule has 8 saturated carbocycles. The van der Waals surface area contributed by atoms with Gasteiger partial charge in [-0.1, -0.05) is 343 Å². The van der Waals surface area contributed by atoms with E-state index in [1.165, 1.54) is 230 Å². The molecule has 6 heteroatoms. The molecule has 143 heavy (non-hydrogen) atoms. The van der Waals surface area contributed by atoms with Gasteiger partial charge in [0.1, 0.15) is 0 Å². The van der Waals surface area contributed by atoms with Crippen molar-refractivity contribution in [2.45, 2.75) is 245 Å². The smallest absolute Gasteiger partial charge is 4.00 e. The number of benzene rings is 7. The van der Waals surface area contributed by atoms with E-state index < -0.39 is 20.8 Å². The third-order valence-electron chi connectivity index (χ3n) is 28.1. The standard InChI is InChI=1S/C17H20.2C12H16.C10H20.2C9H12.C9H18.C9H16.6C7H7.8CH3.2ClH.4Zr/c1-2-6-14(7-3-1)10-11-16-13-12-15-8-4-5-9-17(15)16;2*1-2-5-10-8-9-11-6-3-4-7-12(10)11;1-3-4-5-10-7-6-9(2)8-10;2*1-2-5-9-7-3-6-8(9)4-1;2*1-2-3-6-9-7-4-5-8-9;6*1-7-5-3-2-4-6-7;;;;;;;;;;;;;;/h1-9,15-17H,10-13H2;2*2-4,6-7,10-12H,1,5,8-9H2;9-10H,3-8H2,1-2H3;2*1-2,4-5,8-9H,3,6-7H2;9H,2-8H2,1H3;2,9H,1,3-8H2;6*2-6H,1H2;8*1H3;2*1H;;;;/q;;;;;;;;14*-1;;;4*+4/p-2. The van der Waals surface area contributed by atoms with Gasteiger partial charge in [0, 0.05) is 0 Å². The summed E-state index contributed by atoms with van der Waals surface area (Å²) in [5.74, 6) is 15.5. The molecule has 13 aliphatic rings. The van der Waals surface area contributed by atoms with Gasteiger partial charge >= 0.3 is 116 Å². The van der Waals surface area contributed by atoms with Crippen molar-refractivity contribution in [1.82, 2.24) is 0 Å². The Balaban J connectivity index is -0.000000353. The first-order chi connectivity index (χ1) is 64.7. The van der Waals surface area contributed by atoms with Crippen LogP contribution in [-0.4, -0.2) is 0 Å². The van der Waals surface area contributed by atoms with E-state index in [9.17, 15) is 0 Å². The molecule has 0 saturated heterocycles. The zero-order chi connectivity index (χ0) is 94.3. The minimum Gasteiger partial charge on any atom is 4.00 e. The van der Waals surface area contributed by atoms with Crippen LogP contribution in [0.3, 0.4) is 0 Å². The van der Waals surface area contributed by atoms with Crippen LogP contribution >= 0.6 is 17.0 Å². The van der Waals surface area contributed by atoms with E-state index in [1.807, 2.05) is 188 Å². The van der Waals surface area contributed by atoms with Crippen LogP contribution in [0.1, 0.15) is 278 Å². The van der Waals surface area contributed by atoms with Crippen LogP contribution in [0.5, 0.6) is 0 Å². The van der Waals surface area contributed by atoms with E-state index in [0.717, 1.165) is 134 Å². The minimum absolute atomic E-state index is 0. The predicted octanol–water partition coefficient (Wildman–Crippen LogP) is 42.4. The first-order valence-corrected chi connectivity index (χ1v) is 57.8. The molecule has 15 atom stereocenters. The summed E-state index contributed by atoms with van der Waals surface area (Å²) in [6, 6.07) is 70.2. The van der Waals surface area contributed by atoms with Crippen LogP contribution in [0.2, 0.25) is 0 Å². The fourth-order valence-corrected chi connectivity index (χ4v) is 20.7. The van der Waals surface area contributed by atoms with Crippen molar-refractivity contribution in [2.75, 3.05) is 0 Å². The Morgan fingerprint density at radius 1 is 0.280 bits per heavy atom. The molecule has 15 unspecified atom stereocenters. The molecule has 0 nitrogen and oxygen atoms in total. The largest absolute Gasteiger partial charge is 4.00 e. The SMILES string of the molecule is C1=CC2CCC(CCc3ccccc3)C2C=C1.C1=CC2CCCC2C=C1.C1=CC2CCCC2C=C1.C=CCC1CCC2C=CC=CC21.C=CCC1CCC2C=CC=CC21.C=CCCC1CCCC1.CCCCC1CCC(C)C1.CCCCC1CCCC1.[CH2-]c1ccccc1.[CH2-]c1ccccc1.[CH2-]c1ccccc1.[CH2-]c1ccccc1.[CH2-]c1ccccc1.[CH2-]c1ccccc1.[CH3-].[CH3-].[CH3-].[CH3-].[CH3-].[CH3-].[CH3-].[CH3-].[Cl][Zr+2][Cl].[Zr+4].[Zr+4].[Zr+4]. The van der Waals surface area contributed by atoms with Gasteiger partial charge in [0.25, 0.3) is 0 Å². The molecule has 774 valence electrons. The number of fused-ring (bicyclic) bond motifs is 5. The molecule has 13 aliphatic carbocycles. The van der Waals surface area contributed by atoms with Gasteiger partial charge < -0.3 is 59.4 Å². The first-order valence-electron chi connectivity index (χ1n) is 51.5. The van der Waals surface area contributed by atoms with Crippen molar-refractivity contribution in [2.24, 2.45) is 101 Å². The molecule has 0 aliphatic heterocycles. The van der Waals surface area contributed by atoms with E-state index in [1.54, 1.807) is 0 Å². The van der Waals surface area contributed by atoms with E-state index in [-0.39, 0.29) is 138 Å². The zero-order valence-corrected chi connectivity index (χ0v) is 103. The molecule has 0 aromatic heterocycles. The summed E-state index contributed by atoms with van der Waals surface area (Å²) in [5.41, 5.74) is 7.92. The van der Waals surface area contributed by atoms with Crippen LogP contribution in [-0.2, 0) is 106 Å². The molecule has 0 bridgehead atoms. The molecule has 0 N–H and O–H groups in total. The number of aryl methyl sites for hydroxylation is 1. The average molecular weight is 2280 g/mol. The Morgan fingerprint density at radius 3 is 0.783 bits per heavy atom. The van der Waals surface area contributed by atoms with Crippen molar-refractivity contribution in [3.05, 3.63) is 512 Å². The van der Waals surface area contributed by atoms with Crippen molar-refractivity contribution >= 4 is 17.0 Å². The van der Waals surface area contributed by atoms with E-state index in [0.29, 0.717) is 0 Å². The Morgan fingerprint density at radius 2 is 0.531 bits per heavy atom. The molecule has 0 heterocycles. The molecule has 7 aromatic carbocycles. The quantitative estimate of drug-likeness (QED) is 0.0668. The van der Waals surface area contributed by atoms with Gasteiger partial charge in [-0.15, -0.1) is 92.5 Å². The normalized spacial score (nSPS) is 22.5. The third-order valence-corrected chi connectivity index (χ3v) is 28.1. The first kappa shape index (κ1) is 148. The molecule has 0 radical (unpaired) electrons. The summed E-state index contributed by atoms with van der Waals surface area (Å²) in [6.07, 6.45) is 102. The molecular formula is C137H196Cl2Zr4. The maximum atomic E-state index is 4.93. The number of allylic oxidation sites excluding steroid dienone is 23. The number of rotatable bonds is 16. The molecule has 0 amide bonds. The number of halogens is 2. The van der Waals surface area contributed by atoms with Gasteiger partial charge in [-0.25, -0.2) is 0 Å². The summed E-state index contributed by atoms with van der Waals surface area (Å²) >= 11 is -0.826. The van der Waals surface area contributed by atoms with Crippen LogP contribution in [0.4, 0.5) is 0 Å². The average Bonchev–Trinajstić information content (AvgIpc) is 1.76. The molecule has 0 spiro atoms. The van der Waals surface area contributed by atoms with Crippen molar-refractivity contribution in [3.8, 4) is 0 Å².